The smallest absolute Gasteiger partial charge is 0.306 e. The molecule has 1 aliphatic carbocycles. The quantitative estimate of drug-likeness (QED) is 0.479. The van der Waals surface area contributed by atoms with E-state index in [0.717, 1.165) is 24.2 Å². The molecular formula is C22H31N9O3. The van der Waals surface area contributed by atoms with Crippen LogP contribution in [0.25, 0.3) is 11.4 Å². The SMILES string of the molecule is Cc1nc(-c2nnn(C)c2CNc2nnn(CC(C)C)n2)ccc1OC1CCC[C@H](C(=O)O)C1. The number of ether oxygens (including phenoxy) is 1. The minimum atomic E-state index is -0.750. The number of nitrogens with zero attached hydrogens (tertiary/aromatic N) is 8. The number of carboxylic acid groups (broad SMARTS) is 1. The zero-order chi connectivity index (χ0) is 24.2. The van der Waals surface area contributed by atoms with E-state index < -0.39 is 5.97 Å². The molecule has 1 saturated carbocycles. The average Bonchev–Trinajstić information content (AvgIpc) is 3.39. The summed E-state index contributed by atoms with van der Waals surface area (Å²) in [5.41, 5.74) is 2.89. The highest BCUT2D eigenvalue weighted by Crippen LogP contribution is 2.30. The number of hydrogen-bond acceptors (Lipinski definition) is 9. The van der Waals surface area contributed by atoms with E-state index in [0.29, 0.717) is 54.9 Å². The molecule has 2 N–H and O–H groups in total. The van der Waals surface area contributed by atoms with Gasteiger partial charge < -0.3 is 15.2 Å². The fraction of sp³-hybridized carbons (Fsp3) is 0.591. The maximum absolute atomic E-state index is 11.3. The summed E-state index contributed by atoms with van der Waals surface area (Å²) in [5, 5.41) is 33.4. The third kappa shape index (κ3) is 5.49. The Morgan fingerprint density at radius 3 is 2.82 bits per heavy atom. The Morgan fingerprint density at radius 1 is 1.26 bits per heavy atom. The van der Waals surface area contributed by atoms with Gasteiger partial charge in [-0.1, -0.05) is 24.2 Å². The predicted molar refractivity (Wildman–Crippen MR) is 123 cm³/mol. The normalized spacial score (nSPS) is 18.3. The Bertz CT molecular complexity index is 1140. The van der Waals surface area contributed by atoms with Crippen LogP contribution in [0.1, 0.15) is 50.9 Å². The summed E-state index contributed by atoms with van der Waals surface area (Å²) in [5.74, 6) is 0.428. The molecular weight excluding hydrogens is 438 g/mol. The van der Waals surface area contributed by atoms with Crippen LogP contribution in [0.4, 0.5) is 5.95 Å². The minimum Gasteiger partial charge on any atom is -0.489 e. The molecule has 0 radical (unpaired) electrons. The van der Waals surface area contributed by atoms with Gasteiger partial charge >= 0.3 is 5.97 Å². The van der Waals surface area contributed by atoms with Crippen molar-refractivity contribution in [2.75, 3.05) is 5.32 Å². The number of anilines is 1. The van der Waals surface area contributed by atoms with Gasteiger partial charge in [0, 0.05) is 7.05 Å². The van der Waals surface area contributed by atoms with Crippen molar-refractivity contribution in [3.8, 4) is 17.1 Å². The van der Waals surface area contributed by atoms with Gasteiger partial charge in [0.05, 0.1) is 42.2 Å². The molecule has 12 heteroatoms. The van der Waals surface area contributed by atoms with Gasteiger partial charge in [-0.2, -0.15) is 4.80 Å². The van der Waals surface area contributed by atoms with E-state index in [4.69, 9.17) is 9.72 Å². The number of hydrogen-bond donors (Lipinski definition) is 2. The first-order valence-corrected chi connectivity index (χ1v) is 11.6. The average molecular weight is 470 g/mol. The molecule has 3 heterocycles. The molecule has 1 aliphatic rings. The Morgan fingerprint density at radius 2 is 2.09 bits per heavy atom. The van der Waals surface area contributed by atoms with E-state index in [1.807, 2.05) is 26.1 Å². The summed E-state index contributed by atoms with van der Waals surface area (Å²) in [6, 6.07) is 3.72. The highest BCUT2D eigenvalue weighted by Gasteiger charge is 2.28. The summed E-state index contributed by atoms with van der Waals surface area (Å²) < 4.78 is 7.81. The lowest BCUT2D eigenvalue weighted by Crippen LogP contribution is -2.29. The molecule has 0 amide bonds. The lowest BCUT2D eigenvalue weighted by molar-refractivity contribution is -0.143. The van der Waals surface area contributed by atoms with Gasteiger partial charge in [-0.3, -0.25) is 4.79 Å². The Hall–Kier alpha value is -3.57. The van der Waals surface area contributed by atoms with Crippen LogP contribution in [0.3, 0.4) is 0 Å². The molecule has 0 bridgehead atoms. The van der Waals surface area contributed by atoms with Crippen LogP contribution in [-0.2, 0) is 24.9 Å². The molecule has 182 valence electrons. The molecule has 3 aromatic heterocycles. The van der Waals surface area contributed by atoms with Crippen molar-refractivity contribution >= 4 is 11.9 Å². The number of rotatable bonds is 9. The van der Waals surface area contributed by atoms with Crippen LogP contribution >= 0.6 is 0 Å². The lowest BCUT2D eigenvalue weighted by atomic mass is 9.87. The van der Waals surface area contributed by atoms with Crippen LogP contribution in [0.15, 0.2) is 12.1 Å². The molecule has 0 aromatic carbocycles. The van der Waals surface area contributed by atoms with Gasteiger partial charge in [-0.15, -0.1) is 10.2 Å². The van der Waals surface area contributed by atoms with E-state index in [1.165, 1.54) is 0 Å². The van der Waals surface area contributed by atoms with Gasteiger partial charge in [-0.05, 0) is 55.9 Å². The Labute approximate surface area is 197 Å². The van der Waals surface area contributed by atoms with E-state index in [9.17, 15) is 9.90 Å². The highest BCUT2D eigenvalue weighted by atomic mass is 16.5. The molecule has 1 unspecified atom stereocenters. The number of nitrogens with one attached hydrogen (secondary N) is 1. The van der Waals surface area contributed by atoms with E-state index in [-0.39, 0.29) is 12.0 Å². The van der Waals surface area contributed by atoms with Crippen molar-refractivity contribution in [2.45, 2.75) is 65.6 Å². The van der Waals surface area contributed by atoms with E-state index in [2.05, 4.69) is 44.9 Å². The first-order chi connectivity index (χ1) is 16.3. The number of aliphatic carboxylic acids is 1. The summed E-state index contributed by atoms with van der Waals surface area (Å²) in [6.45, 7) is 7.17. The number of carbonyl (C=O) groups is 1. The van der Waals surface area contributed by atoms with Crippen molar-refractivity contribution in [3.63, 3.8) is 0 Å². The lowest BCUT2D eigenvalue weighted by Gasteiger charge is -2.27. The molecule has 2 atom stereocenters. The largest absolute Gasteiger partial charge is 0.489 e. The summed E-state index contributed by atoms with van der Waals surface area (Å²) in [4.78, 5) is 17.6. The van der Waals surface area contributed by atoms with Crippen LogP contribution < -0.4 is 10.1 Å². The zero-order valence-electron chi connectivity index (χ0n) is 20.0. The number of aromatic nitrogens is 8. The fourth-order valence-corrected chi connectivity index (χ4v) is 4.12. The highest BCUT2D eigenvalue weighted by molar-refractivity contribution is 5.70. The third-order valence-electron chi connectivity index (χ3n) is 5.89. The Balaban J connectivity index is 1.45. The number of carboxylic acids is 1. The van der Waals surface area contributed by atoms with Gasteiger partial charge in [0.1, 0.15) is 11.4 Å². The molecule has 12 nitrogen and oxygen atoms in total. The Kier molecular flexibility index (Phi) is 7.03. The second kappa shape index (κ2) is 10.1. The molecule has 0 aliphatic heterocycles. The fourth-order valence-electron chi connectivity index (χ4n) is 4.12. The van der Waals surface area contributed by atoms with Crippen LogP contribution in [0, 0.1) is 18.8 Å². The number of tetrazole rings is 1. The molecule has 34 heavy (non-hydrogen) atoms. The molecule has 1 fully saturated rings. The molecule has 3 aromatic rings. The van der Waals surface area contributed by atoms with Crippen molar-refractivity contribution < 1.29 is 14.6 Å². The predicted octanol–water partition coefficient (Wildman–Crippen LogP) is 2.46. The summed E-state index contributed by atoms with van der Waals surface area (Å²) in [6.07, 6.45) is 2.81. The van der Waals surface area contributed by atoms with Crippen molar-refractivity contribution in [1.82, 2.24) is 40.2 Å². The van der Waals surface area contributed by atoms with E-state index in [1.54, 1.807) is 9.48 Å². The van der Waals surface area contributed by atoms with E-state index >= 15 is 0 Å². The molecule has 0 saturated heterocycles. The first-order valence-electron chi connectivity index (χ1n) is 11.6. The topological polar surface area (TPSA) is 146 Å². The number of pyridine rings is 1. The van der Waals surface area contributed by atoms with Crippen LogP contribution in [0.2, 0.25) is 0 Å². The maximum atomic E-state index is 11.3. The molecule has 0 spiro atoms. The van der Waals surface area contributed by atoms with Gasteiger partial charge in [0.25, 0.3) is 5.95 Å². The second-order valence-electron chi connectivity index (χ2n) is 9.15. The zero-order valence-corrected chi connectivity index (χ0v) is 20.0. The third-order valence-corrected chi connectivity index (χ3v) is 5.89. The van der Waals surface area contributed by atoms with Gasteiger partial charge in [0.15, 0.2) is 0 Å². The maximum Gasteiger partial charge on any atom is 0.306 e. The molecule has 4 rings (SSSR count). The van der Waals surface area contributed by atoms with Crippen LogP contribution in [-0.4, -0.2) is 57.4 Å². The van der Waals surface area contributed by atoms with Gasteiger partial charge in [-0.25, -0.2) is 9.67 Å². The first kappa shape index (κ1) is 23.6. The standard InChI is InChI=1S/C22H31N9O3/c1-13(2)12-31-27-22(26-29-31)23-11-18-20(25-28-30(18)4)17-8-9-19(14(3)24-17)34-16-7-5-6-15(10-16)21(32)33/h8-9,13,15-16H,5-7,10-12H2,1-4H3,(H,23,27)(H,32,33)/t15-,16?/m0/s1. The monoisotopic (exact) mass is 469 g/mol. The van der Waals surface area contributed by atoms with Crippen molar-refractivity contribution in [3.05, 3.63) is 23.5 Å². The van der Waals surface area contributed by atoms with Crippen LogP contribution in [0.5, 0.6) is 5.75 Å². The van der Waals surface area contributed by atoms with Crippen molar-refractivity contribution in [1.29, 1.82) is 0 Å². The number of aryl methyl sites for hydroxylation is 2. The van der Waals surface area contributed by atoms with Gasteiger partial charge in [0.2, 0.25) is 0 Å². The minimum absolute atomic E-state index is 0.117. The summed E-state index contributed by atoms with van der Waals surface area (Å²) >= 11 is 0. The van der Waals surface area contributed by atoms with Crippen molar-refractivity contribution in [2.24, 2.45) is 18.9 Å². The summed E-state index contributed by atoms with van der Waals surface area (Å²) in [7, 11) is 1.82. The second-order valence-corrected chi connectivity index (χ2v) is 9.15.